The van der Waals surface area contributed by atoms with Crippen LogP contribution in [0.25, 0.3) is 10.9 Å². The number of carbonyl (C=O) groups is 10. The summed E-state index contributed by atoms with van der Waals surface area (Å²) in [6.45, 7) is 16.3. The molecule has 0 bridgehead atoms. The van der Waals surface area contributed by atoms with Gasteiger partial charge >= 0.3 is 11.9 Å². The number of rotatable bonds is 32. The van der Waals surface area contributed by atoms with Gasteiger partial charge in [0.05, 0.1) is 12.1 Å². The fourth-order valence-corrected chi connectivity index (χ4v) is 8.25. The van der Waals surface area contributed by atoms with Crippen LogP contribution in [-0.4, -0.2) is 152 Å². The molecule has 0 saturated heterocycles. The lowest BCUT2D eigenvalue weighted by molar-refractivity contribution is -0.144. The summed E-state index contributed by atoms with van der Waals surface area (Å²) in [6, 6.07) is -4.73. The third-order valence-electron chi connectivity index (χ3n) is 11.9. The van der Waals surface area contributed by atoms with Gasteiger partial charge in [-0.1, -0.05) is 73.6 Å². The second kappa shape index (κ2) is 30.8. The number of nitrogens with two attached hydrogens (primary N) is 1. The minimum Gasteiger partial charge on any atom is -0.481 e. The third kappa shape index (κ3) is 20.9. The topological polar surface area (TPSA) is 369 Å². The number of amides is 8. The number of hydrogen-bond acceptors (Lipinski definition) is 13. The molecule has 8 amide bonds. The molecule has 0 aliphatic carbocycles. The molecule has 414 valence electrons. The fraction of sp³-hybridized carbons (Fsp3) is 0.640. The highest BCUT2D eigenvalue weighted by Crippen LogP contribution is 2.20. The van der Waals surface area contributed by atoms with Crippen molar-refractivity contribution >= 4 is 81.9 Å². The van der Waals surface area contributed by atoms with E-state index in [0.717, 1.165) is 5.52 Å². The van der Waals surface area contributed by atoms with Crippen LogP contribution >= 0.6 is 11.8 Å². The monoisotopic (exact) mass is 1060 g/mol. The molecule has 1 aromatic heterocycles. The lowest BCUT2D eigenvalue weighted by atomic mass is 10.00. The van der Waals surface area contributed by atoms with Crippen molar-refractivity contribution in [3.63, 3.8) is 0 Å². The number of para-hydroxylation sites is 1. The maximum Gasteiger partial charge on any atom is 0.326 e. The standard InChI is InChI=1S/C50H80N10O13S/c1-24(2)20-32(51)43(65)56-36(21-25(3)4)46(68)55-35(18-19-74-11)45(67)57-37(22-30-23-52-33-15-13-12-14-31(30)33)47(69)54-34(16-17-38(62)63)44(66)53-28(9)42(64)58-39(26(5)6)48(70)60-41(29(10)61)49(71)59-40(27(7)8)50(72)73/h12-15,23-29,32,34-37,39-41,52,61H,16-22,51H2,1-11H3,(H,53,66)(H,54,69)(H,55,68)(H,56,65)(H,57,67)(H,58,64)(H,59,71)(H,60,70)(H,62,63)(H,72,73)/t28-,29+,32-,34-,35-,36-,37-,39-,40-,41-/m0/s1. The van der Waals surface area contributed by atoms with Crippen LogP contribution in [0.5, 0.6) is 0 Å². The van der Waals surface area contributed by atoms with Gasteiger partial charge in [-0.25, -0.2) is 4.79 Å². The molecule has 0 aliphatic heterocycles. The van der Waals surface area contributed by atoms with Gasteiger partial charge in [0, 0.05) is 29.9 Å². The van der Waals surface area contributed by atoms with E-state index in [1.54, 1.807) is 64.4 Å². The predicted octanol–water partition coefficient (Wildman–Crippen LogP) is 0.423. The van der Waals surface area contributed by atoms with Crippen molar-refractivity contribution in [3.8, 4) is 0 Å². The van der Waals surface area contributed by atoms with Crippen molar-refractivity contribution < 1.29 is 63.3 Å². The molecule has 0 spiro atoms. The molecule has 0 unspecified atom stereocenters. The van der Waals surface area contributed by atoms with E-state index in [0.29, 0.717) is 23.1 Å². The number of aliphatic hydroxyl groups excluding tert-OH is 1. The van der Waals surface area contributed by atoms with Crippen LogP contribution in [0.15, 0.2) is 30.5 Å². The minimum atomic E-state index is -1.62. The predicted molar refractivity (Wildman–Crippen MR) is 279 cm³/mol. The normalized spacial score (nSPS) is 15.6. The number of thioether (sulfide) groups is 1. The van der Waals surface area contributed by atoms with Gasteiger partial charge in [0.2, 0.25) is 47.3 Å². The van der Waals surface area contributed by atoms with Gasteiger partial charge in [0.1, 0.15) is 48.3 Å². The number of aromatic nitrogens is 1. The van der Waals surface area contributed by atoms with Gasteiger partial charge in [-0.05, 0) is 86.8 Å². The molecular formula is C50H80N10O13S. The molecule has 1 aromatic carbocycles. The number of carboxylic acids is 2. The molecule has 0 radical (unpaired) electrons. The SMILES string of the molecule is CSCC[C@H](NC(=O)[C@H](CC(C)C)NC(=O)[C@@H](N)CC(C)C)C(=O)N[C@@H](Cc1c[nH]c2ccccc12)C(=O)N[C@@H](CCC(=O)O)C(=O)N[C@@H](C)C(=O)N[C@H](C(=O)N[C@H](C(=O)N[C@H](C(=O)O)C(C)C)[C@@H](C)O)C(C)C. The molecule has 23 nitrogen and oxygen atoms in total. The van der Waals surface area contributed by atoms with Gasteiger partial charge in [0.25, 0.3) is 0 Å². The minimum absolute atomic E-state index is 0.0508. The molecule has 74 heavy (non-hydrogen) atoms. The first kappa shape index (κ1) is 63.8. The molecule has 24 heteroatoms. The van der Waals surface area contributed by atoms with Crippen molar-refractivity contribution in [3.05, 3.63) is 36.0 Å². The summed E-state index contributed by atoms with van der Waals surface area (Å²) in [4.78, 5) is 137. The van der Waals surface area contributed by atoms with Crippen LogP contribution in [0.3, 0.4) is 0 Å². The fourth-order valence-electron chi connectivity index (χ4n) is 7.78. The van der Waals surface area contributed by atoms with E-state index < -0.39 is 144 Å². The lowest BCUT2D eigenvalue weighted by Crippen LogP contribution is -2.62. The van der Waals surface area contributed by atoms with Gasteiger partial charge in [0.15, 0.2) is 0 Å². The summed E-state index contributed by atoms with van der Waals surface area (Å²) in [6.07, 6.45) is 1.44. The zero-order valence-electron chi connectivity index (χ0n) is 44.3. The molecule has 10 atom stereocenters. The molecule has 0 fully saturated rings. The van der Waals surface area contributed by atoms with E-state index >= 15 is 0 Å². The third-order valence-corrected chi connectivity index (χ3v) is 12.6. The number of hydrogen-bond donors (Lipinski definition) is 13. The Kier molecular flexibility index (Phi) is 26.6. The van der Waals surface area contributed by atoms with Gasteiger partial charge in [-0.3, -0.25) is 43.2 Å². The molecule has 2 rings (SSSR count). The number of carboxylic acid groups (broad SMARTS) is 2. The van der Waals surface area contributed by atoms with Crippen molar-refractivity contribution in [1.29, 1.82) is 0 Å². The lowest BCUT2D eigenvalue weighted by Gasteiger charge is -2.29. The van der Waals surface area contributed by atoms with Crippen molar-refractivity contribution in [1.82, 2.24) is 47.5 Å². The highest BCUT2D eigenvalue weighted by molar-refractivity contribution is 7.98. The highest BCUT2D eigenvalue weighted by Gasteiger charge is 2.37. The van der Waals surface area contributed by atoms with E-state index in [1.165, 1.54) is 25.6 Å². The Labute approximate surface area is 437 Å². The van der Waals surface area contributed by atoms with Crippen LogP contribution in [0, 0.1) is 23.7 Å². The van der Waals surface area contributed by atoms with Crippen molar-refractivity contribution in [2.24, 2.45) is 29.4 Å². The number of aliphatic carboxylic acids is 2. The number of benzene rings is 1. The van der Waals surface area contributed by atoms with Crippen LogP contribution in [0.1, 0.15) is 107 Å². The van der Waals surface area contributed by atoms with Crippen molar-refractivity contribution in [2.45, 2.75) is 168 Å². The van der Waals surface area contributed by atoms with Crippen LogP contribution in [0.2, 0.25) is 0 Å². The smallest absolute Gasteiger partial charge is 0.326 e. The second-order valence-corrected chi connectivity index (χ2v) is 21.1. The Hall–Kier alpha value is -6.27. The number of fused-ring (bicyclic) bond motifs is 1. The molecule has 2 aromatic rings. The van der Waals surface area contributed by atoms with Gasteiger partial charge in [-0.2, -0.15) is 11.8 Å². The number of aromatic amines is 1. The number of nitrogens with one attached hydrogen (secondary N) is 9. The van der Waals surface area contributed by atoms with E-state index in [9.17, 15) is 63.3 Å². The maximum atomic E-state index is 14.5. The Morgan fingerprint density at radius 3 is 1.59 bits per heavy atom. The average molecular weight is 1060 g/mol. The average Bonchev–Trinajstić information content (AvgIpc) is 3.72. The first-order valence-electron chi connectivity index (χ1n) is 24.9. The van der Waals surface area contributed by atoms with E-state index in [1.807, 2.05) is 27.7 Å². The highest BCUT2D eigenvalue weighted by atomic mass is 32.2. The molecule has 0 aliphatic rings. The van der Waals surface area contributed by atoms with E-state index in [2.05, 4.69) is 47.5 Å². The van der Waals surface area contributed by atoms with E-state index in [-0.39, 0.29) is 31.1 Å². The summed E-state index contributed by atoms with van der Waals surface area (Å²) in [5, 5.41) is 50.7. The molecular weight excluding hydrogens is 981 g/mol. The quantitative estimate of drug-likeness (QED) is 0.0472. The Balaban J connectivity index is 2.44. The van der Waals surface area contributed by atoms with Gasteiger partial charge < -0.3 is 68.6 Å². The summed E-state index contributed by atoms with van der Waals surface area (Å²) >= 11 is 1.40. The summed E-state index contributed by atoms with van der Waals surface area (Å²) in [5.74, 6) is -10.0. The maximum absolute atomic E-state index is 14.5. The summed E-state index contributed by atoms with van der Waals surface area (Å²) in [7, 11) is 0. The molecule has 1 heterocycles. The zero-order chi connectivity index (χ0) is 56.1. The molecule has 14 N–H and O–H groups in total. The van der Waals surface area contributed by atoms with Gasteiger partial charge in [-0.15, -0.1) is 0 Å². The summed E-state index contributed by atoms with van der Waals surface area (Å²) < 4.78 is 0. The first-order valence-corrected chi connectivity index (χ1v) is 26.3. The number of H-pyrrole nitrogens is 1. The number of aliphatic hydroxyl groups is 1. The molecule has 0 saturated carbocycles. The first-order chi connectivity index (χ1) is 34.6. The Morgan fingerprint density at radius 2 is 1.05 bits per heavy atom. The summed E-state index contributed by atoms with van der Waals surface area (Å²) in [5.41, 5.74) is 7.44. The zero-order valence-corrected chi connectivity index (χ0v) is 45.1. The van der Waals surface area contributed by atoms with Crippen molar-refractivity contribution in [2.75, 3.05) is 12.0 Å². The van der Waals surface area contributed by atoms with Crippen LogP contribution in [0.4, 0.5) is 0 Å². The Morgan fingerprint density at radius 1 is 0.568 bits per heavy atom. The van der Waals surface area contributed by atoms with Crippen LogP contribution in [-0.2, 0) is 54.4 Å². The largest absolute Gasteiger partial charge is 0.481 e. The Bertz CT molecular complexity index is 2250. The number of carbonyl (C=O) groups excluding carboxylic acids is 8. The van der Waals surface area contributed by atoms with Crippen LogP contribution < -0.4 is 48.3 Å². The van der Waals surface area contributed by atoms with E-state index in [4.69, 9.17) is 5.73 Å². The second-order valence-electron chi connectivity index (χ2n) is 20.1.